The van der Waals surface area contributed by atoms with Crippen molar-refractivity contribution in [1.29, 1.82) is 0 Å². The number of rotatable bonds is 8. The fourth-order valence-corrected chi connectivity index (χ4v) is 2.38. The number of thiocarbonyl (C=S) groups is 1. The number of hydrogen-bond acceptors (Lipinski definition) is 3. The first-order valence-electron chi connectivity index (χ1n) is 7.90. The van der Waals surface area contributed by atoms with Gasteiger partial charge in [0.2, 0.25) is 0 Å². The number of anilines is 1. The molecule has 2 aromatic rings. The first-order chi connectivity index (χ1) is 11.2. The molecule has 0 saturated heterocycles. The number of benzene rings is 1. The van der Waals surface area contributed by atoms with Gasteiger partial charge in [0.1, 0.15) is 0 Å². The van der Waals surface area contributed by atoms with Gasteiger partial charge in [0.25, 0.3) is 0 Å². The predicted molar refractivity (Wildman–Crippen MR) is 97.8 cm³/mol. The molecule has 1 heterocycles. The Labute approximate surface area is 143 Å². The van der Waals surface area contributed by atoms with Gasteiger partial charge in [0, 0.05) is 31.5 Å². The van der Waals surface area contributed by atoms with Crippen molar-refractivity contribution in [2.75, 3.05) is 25.1 Å². The Morgan fingerprint density at radius 2 is 2.09 bits per heavy atom. The second-order valence-electron chi connectivity index (χ2n) is 5.25. The summed E-state index contributed by atoms with van der Waals surface area (Å²) in [5, 5.41) is 11.4. The van der Waals surface area contributed by atoms with Gasteiger partial charge in [-0.15, -0.1) is 0 Å². The normalized spacial score (nSPS) is 10.5. The van der Waals surface area contributed by atoms with Crippen molar-refractivity contribution in [2.24, 2.45) is 0 Å². The monoisotopic (exact) mass is 332 g/mol. The lowest BCUT2D eigenvalue weighted by Crippen LogP contribution is -2.30. The van der Waals surface area contributed by atoms with Crippen molar-refractivity contribution in [3.63, 3.8) is 0 Å². The summed E-state index contributed by atoms with van der Waals surface area (Å²) in [5.74, 6) is 0.765. The molecule has 0 atom stereocenters. The number of aromatic nitrogens is 2. The molecular formula is C17H24N4OS. The Morgan fingerprint density at radius 1 is 1.30 bits per heavy atom. The Balaban J connectivity index is 1.82. The third-order valence-corrected chi connectivity index (χ3v) is 3.60. The van der Waals surface area contributed by atoms with Crippen LogP contribution in [0.2, 0.25) is 0 Å². The van der Waals surface area contributed by atoms with E-state index in [1.807, 2.05) is 42.8 Å². The summed E-state index contributed by atoms with van der Waals surface area (Å²) in [5.41, 5.74) is 2.32. The average Bonchev–Trinajstić information content (AvgIpc) is 2.87. The highest BCUT2D eigenvalue weighted by Crippen LogP contribution is 2.11. The van der Waals surface area contributed by atoms with Crippen molar-refractivity contribution < 1.29 is 4.74 Å². The van der Waals surface area contributed by atoms with Gasteiger partial charge in [-0.2, -0.15) is 5.10 Å². The van der Waals surface area contributed by atoms with Gasteiger partial charge in [-0.1, -0.05) is 30.3 Å². The van der Waals surface area contributed by atoms with Crippen LogP contribution in [0.3, 0.4) is 0 Å². The summed E-state index contributed by atoms with van der Waals surface area (Å²) in [6, 6.07) is 12.3. The van der Waals surface area contributed by atoms with Crippen LogP contribution in [-0.2, 0) is 11.3 Å². The molecule has 5 nitrogen and oxygen atoms in total. The van der Waals surface area contributed by atoms with E-state index in [9.17, 15) is 0 Å². The highest BCUT2D eigenvalue weighted by atomic mass is 32.1. The molecule has 0 saturated carbocycles. The summed E-state index contributed by atoms with van der Waals surface area (Å²) in [7, 11) is 0. The number of ether oxygens (including phenoxy) is 1. The lowest BCUT2D eigenvalue weighted by Gasteiger charge is -2.08. The zero-order valence-electron chi connectivity index (χ0n) is 13.7. The van der Waals surface area contributed by atoms with Crippen LogP contribution in [0.15, 0.2) is 36.4 Å². The molecule has 2 N–H and O–H groups in total. The van der Waals surface area contributed by atoms with Crippen molar-refractivity contribution in [1.82, 2.24) is 15.1 Å². The standard InChI is InChI=1S/C17H24N4OS/c1-3-22-11-7-10-18-17(23)19-16-12-14(2)21(20-16)13-15-8-5-4-6-9-15/h4-6,8-9,12H,3,7,10-11,13H2,1-2H3,(H2,18,19,20,23). The van der Waals surface area contributed by atoms with Crippen molar-refractivity contribution in [3.05, 3.63) is 47.7 Å². The van der Waals surface area contributed by atoms with Gasteiger partial charge < -0.3 is 15.4 Å². The molecule has 0 spiro atoms. The quantitative estimate of drug-likeness (QED) is 0.575. The summed E-state index contributed by atoms with van der Waals surface area (Å²) in [4.78, 5) is 0. The molecule has 0 amide bonds. The summed E-state index contributed by atoms with van der Waals surface area (Å²) in [6.07, 6.45) is 0.928. The maximum absolute atomic E-state index is 5.29. The van der Waals surface area contributed by atoms with E-state index in [1.165, 1.54) is 5.56 Å². The second-order valence-corrected chi connectivity index (χ2v) is 5.65. The van der Waals surface area contributed by atoms with E-state index < -0.39 is 0 Å². The summed E-state index contributed by atoms with van der Waals surface area (Å²) in [6.45, 7) is 7.07. The first-order valence-corrected chi connectivity index (χ1v) is 8.31. The van der Waals surface area contributed by atoms with E-state index in [4.69, 9.17) is 17.0 Å². The fraction of sp³-hybridized carbons (Fsp3) is 0.412. The largest absolute Gasteiger partial charge is 0.382 e. The van der Waals surface area contributed by atoms with Crippen molar-refractivity contribution >= 4 is 23.1 Å². The number of nitrogens with one attached hydrogen (secondary N) is 2. The third kappa shape index (κ3) is 6.00. The molecule has 2 rings (SSSR count). The van der Waals surface area contributed by atoms with E-state index in [2.05, 4.69) is 27.9 Å². The summed E-state index contributed by atoms with van der Waals surface area (Å²) < 4.78 is 7.26. The van der Waals surface area contributed by atoms with Crippen molar-refractivity contribution in [2.45, 2.75) is 26.8 Å². The van der Waals surface area contributed by atoms with Crippen LogP contribution in [0.25, 0.3) is 0 Å². The van der Waals surface area contributed by atoms with E-state index in [-0.39, 0.29) is 0 Å². The minimum atomic E-state index is 0.589. The third-order valence-electron chi connectivity index (χ3n) is 3.35. The molecule has 23 heavy (non-hydrogen) atoms. The van der Waals surface area contributed by atoms with Crippen LogP contribution in [0.1, 0.15) is 24.6 Å². The molecule has 0 aliphatic heterocycles. The smallest absolute Gasteiger partial charge is 0.171 e. The number of nitrogens with zero attached hydrogens (tertiary/aromatic N) is 2. The van der Waals surface area contributed by atoms with E-state index in [0.717, 1.165) is 44.2 Å². The topological polar surface area (TPSA) is 51.1 Å². The van der Waals surface area contributed by atoms with Gasteiger partial charge in [0.15, 0.2) is 10.9 Å². The van der Waals surface area contributed by atoms with Crippen LogP contribution in [-0.4, -0.2) is 34.7 Å². The van der Waals surface area contributed by atoms with Gasteiger partial charge in [-0.3, -0.25) is 4.68 Å². The molecule has 0 unspecified atom stereocenters. The maximum atomic E-state index is 5.29. The molecule has 1 aromatic carbocycles. The van der Waals surface area contributed by atoms with Crippen LogP contribution >= 0.6 is 12.2 Å². The van der Waals surface area contributed by atoms with Crippen molar-refractivity contribution in [3.8, 4) is 0 Å². The van der Waals surface area contributed by atoms with Gasteiger partial charge >= 0.3 is 0 Å². The zero-order chi connectivity index (χ0) is 16.5. The van der Waals surface area contributed by atoms with Gasteiger partial charge in [0.05, 0.1) is 6.54 Å². The van der Waals surface area contributed by atoms with Crippen LogP contribution in [0.5, 0.6) is 0 Å². The van der Waals surface area contributed by atoms with E-state index in [1.54, 1.807) is 0 Å². The first kappa shape index (κ1) is 17.4. The lowest BCUT2D eigenvalue weighted by molar-refractivity contribution is 0.146. The summed E-state index contributed by atoms with van der Waals surface area (Å²) >= 11 is 5.28. The highest BCUT2D eigenvalue weighted by molar-refractivity contribution is 7.80. The molecule has 0 fully saturated rings. The minimum Gasteiger partial charge on any atom is -0.382 e. The molecule has 0 aliphatic rings. The molecular weight excluding hydrogens is 308 g/mol. The lowest BCUT2D eigenvalue weighted by atomic mass is 10.2. The van der Waals surface area contributed by atoms with Crippen LogP contribution < -0.4 is 10.6 Å². The highest BCUT2D eigenvalue weighted by Gasteiger charge is 2.06. The predicted octanol–water partition coefficient (Wildman–Crippen LogP) is 2.95. The average molecular weight is 332 g/mol. The fourth-order valence-electron chi connectivity index (χ4n) is 2.17. The molecule has 6 heteroatoms. The molecule has 0 radical (unpaired) electrons. The molecule has 0 aliphatic carbocycles. The zero-order valence-corrected chi connectivity index (χ0v) is 14.5. The van der Waals surface area contributed by atoms with E-state index >= 15 is 0 Å². The number of hydrogen-bond donors (Lipinski definition) is 2. The Kier molecular flexibility index (Phi) is 7.03. The number of aryl methyl sites for hydroxylation is 1. The second kappa shape index (κ2) is 9.27. The molecule has 124 valence electrons. The van der Waals surface area contributed by atoms with Gasteiger partial charge in [-0.05, 0) is 38.0 Å². The Bertz CT molecular complexity index is 612. The Morgan fingerprint density at radius 3 is 2.83 bits per heavy atom. The van der Waals surface area contributed by atoms with Gasteiger partial charge in [-0.25, -0.2) is 0 Å². The molecule has 1 aromatic heterocycles. The van der Waals surface area contributed by atoms with Crippen LogP contribution in [0, 0.1) is 6.92 Å². The van der Waals surface area contributed by atoms with E-state index in [0.29, 0.717) is 5.11 Å². The maximum Gasteiger partial charge on any atom is 0.171 e. The molecule has 0 bridgehead atoms. The Hall–Kier alpha value is -1.92. The SMILES string of the molecule is CCOCCCNC(=S)Nc1cc(C)n(Cc2ccccc2)n1. The van der Waals surface area contributed by atoms with Crippen LogP contribution in [0.4, 0.5) is 5.82 Å². The minimum absolute atomic E-state index is 0.589.